The molecule has 25 heavy (non-hydrogen) atoms. The number of benzene rings is 1. The van der Waals surface area contributed by atoms with Gasteiger partial charge in [0, 0.05) is 6.42 Å². The Morgan fingerprint density at radius 1 is 1.20 bits per heavy atom. The normalized spacial score (nSPS) is 20.4. The van der Waals surface area contributed by atoms with Crippen molar-refractivity contribution in [2.45, 2.75) is 43.9 Å². The molecule has 7 nitrogen and oxygen atoms in total. The van der Waals surface area contributed by atoms with Crippen LogP contribution in [0.4, 0.5) is 0 Å². The highest BCUT2D eigenvalue weighted by Crippen LogP contribution is 2.23. The van der Waals surface area contributed by atoms with Gasteiger partial charge < -0.3 is 0 Å². The largest absolute Gasteiger partial charge is 0.278 e. The number of hydrazine groups is 1. The van der Waals surface area contributed by atoms with Crippen molar-refractivity contribution in [2.24, 2.45) is 5.92 Å². The molecule has 0 saturated carbocycles. The zero-order valence-electron chi connectivity index (χ0n) is 14.6. The van der Waals surface area contributed by atoms with Crippen molar-refractivity contribution in [3.05, 3.63) is 29.8 Å². The van der Waals surface area contributed by atoms with E-state index in [-0.39, 0.29) is 34.2 Å². The molecule has 2 rings (SSSR count). The lowest BCUT2D eigenvalue weighted by molar-refractivity contribution is -0.122. The molecule has 0 radical (unpaired) electrons. The van der Waals surface area contributed by atoms with Crippen LogP contribution in [-0.4, -0.2) is 34.2 Å². The predicted octanol–water partition coefficient (Wildman–Crippen LogP) is 1.12. The molecule has 0 unspecified atom stereocenters. The summed E-state index contributed by atoms with van der Waals surface area (Å²) in [6, 6.07) is 6.44. The quantitative estimate of drug-likeness (QED) is 0.735. The summed E-state index contributed by atoms with van der Waals surface area (Å²) in [6.45, 7) is 6.08. The van der Waals surface area contributed by atoms with Gasteiger partial charge in [0.05, 0.1) is 16.4 Å². The monoisotopic (exact) mass is 388 g/mol. The first kappa shape index (κ1) is 19.9. The number of rotatable bonds is 5. The number of carbonyl (C=O) groups excluding carboxylic acids is 1. The third-order valence-corrected chi connectivity index (χ3v) is 7.26. The molecule has 140 valence electrons. The molecule has 1 aliphatic rings. The van der Waals surface area contributed by atoms with Gasteiger partial charge in [-0.1, -0.05) is 32.9 Å². The lowest BCUT2D eigenvalue weighted by Gasteiger charge is -2.19. The molecule has 9 heteroatoms. The minimum Gasteiger partial charge on any atom is -0.278 e. The van der Waals surface area contributed by atoms with Gasteiger partial charge in [-0.3, -0.25) is 10.2 Å². The van der Waals surface area contributed by atoms with Crippen LogP contribution in [0.5, 0.6) is 0 Å². The molecule has 2 N–H and O–H groups in total. The van der Waals surface area contributed by atoms with Crippen LogP contribution in [0, 0.1) is 5.92 Å². The molecule has 1 aliphatic heterocycles. The molecule has 1 atom stereocenters. The summed E-state index contributed by atoms with van der Waals surface area (Å²) in [5.74, 6) is -0.754. The van der Waals surface area contributed by atoms with Crippen LogP contribution < -0.4 is 10.3 Å². The molecular weight excluding hydrogens is 364 g/mol. The van der Waals surface area contributed by atoms with Gasteiger partial charge >= 0.3 is 0 Å². The van der Waals surface area contributed by atoms with Crippen molar-refractivity contribution in [1.29, 1.82) is 0 Å². The van der Waals surface area contributed by atoms with Gasteiger partial charge in [-0.05, 0) is 35.4 Å². The number of sulfonamides is 1. The third-order valence-electron chi connectivity index (χ3n) is 4.16. The van der Waals surface area contributed by atoms with E-state index >= 15 is 0 Å². The van der Waals surface area contributed by atoms with Crippen molar-refractivity contribution in [3.63, 3.8) is 0 Å². The maximum atomic E-state index is 12.2. The van der Waals surface area contributed by atoms with Crippen molar-refractivity contribution in [1.82, 2.24) is 10.3 Å². The van der Waals surface area contributed by atoms with E-state index in [2.05, 4.69) is 10.3 Å². The van der Waals surface area contributed by atoms with Crippen LogP contribution in [0.3, 0.4) is 0 Å². The first-order valence-electron chi connectivity index (χ1n) is 8.01. The second-order valence-electron chi connectivity index (χ2n) is 7.40. The summed E-state index contributed by atoms with van der Waals surface area (Å²) in [7, 11) is -6.94. The summed E-state index contributed by atoms with van der Waals surface area (Å²) in [5.41, 5.74) is 3.06. The van der Waals surface area contributed by atoms with Crippen molar-refractivity contribution < 1.29 is 21.6 Å². The number of amides is 1. The number of hydrogen-bond donors (Lipinski definition) is 2. The molecule has 1 saturated heterocycles. The Balaban J connectivity index is 1.94. The number of nitrogens with one attached hydrogen (secondary N) is 2. The maximum absolute atomic E-state index is 12.2. The zero-order chi connectivity index (χ0) is 18.9. The van der Waals surface area contributed by atoms with Crippen LogP contribution in [0.15, 0.2) is 29.2 Å². The summed E-state index contributed by atoms with van der Waals surface area (Å²) in [5, 5.41) is 0. The van der Waals surface area contributed by atoms with E-state index in [1.807, 2.05) is 20.8 Å². The van der Waals surface area contributed by atoms with E-state index < -0.39 is 25.8 Å². The molecule has 0 aliphatic carbocycles. The minimum absolute atomic E-state index is 0.0231. The van der Waals surface area contributed by atoms with Gasteiger partial charge in [-0.15, -0.1) is 4.83 Å². The van der Waals surface area contributed by atoms with Gasteiger partial charge in [-0.2, -0.15) is 0 Å². The highest BCUT2D eigenvalue weighted by atomic mass is 32.2. The summed E-state index contributed by atoms with van der Waals surface area (Å²) < 4.78 is 47.2. The average molecular weight is 389 g/mol. The van der Waals surface area contributed by atoms with Crippen molar-refractivity contribution >= 4 is 25.8 Å². The average Bonchev–Trinajstić information content (AvgIpc) is 2.83. The zero-order valence-corrected chi connectivity index (χ0v) is 16.2. The molecule has 0 bridgehead atoms. The highest BCUT2D eigenvalue weighted by molar-refractivity contribution is 7.91. The fourth-order valence-corrected chi connectivity index (χ4v) is 5.39. The van der Waals surface area contributed by atoms with Gasteiger partial charge in [-0.25, -0.2) is 16.8 Å². The second kappa shape index (κ2) is 7.05. The van der Waals surface area contributed by atoms with Gasteiger partial charge in [0.1, 0.15) is 0 Å². The number of hydrogen-bond acceptors (Lipinski definition) is 5. The third kappa shape index (κ3) is 5.52. The molecule has 1 aromatic carbocycles. The highest BCUT2D eigenvalue weighted by Gasteiger charge is 2.29. The predicted molar refractivity (Wildman–Crippen MR) is 95.0 cm³/mol. The summed E-state index contributed by atoms with van der Waals surface area (Å²) in [4.78, 5) is 13.9. The van der Waals surface area contributed by atoms with Crippen molar-refractivity contribution in [2.75, 3.05) is 11.5 Å². The number of sulfone groups is 1. The minimum atomic E-state index is -3.87. The topological polar surface area (TPSA) is 109 Å². The van der Waals surface area contributed by atoms with Gasteiger partial charge in [0.2, 0.25) is 5.91 Å². The molecule has 0 spiro atoms. The SMILES string of the molecule is CC(C)(C)c1ccc(S(=O)(=O)NNC(=O)C[C@H]2CCS(=O)(=O)C2)cc1. The van der Waals surface area contributed by atoms with Crippen LogP contribution in [0.2, 0.25) is 0 Å². The standard InChI is InChI=1S/C16H24N2O5S2/c1-16(2,3)13-4-6-14(7-5-13)25(22,23)18-17-15(19)10-12-8-9-24(20,21)11-12/h4-7,12,18H,8-11H2,1-3H3,(H,17,19)/t12-/m1/s1. The molecule has 1 heterocycles. The van der Waals surface area contributed by atoms with E-state index in [0.29, 0.717) is 6.42 Å². The second-order valence-corrected chi connectivity index (χ2v) is 11.3. The first-order valence-corrected chi connectivity index (χ1v) is 11.3. The molecular formula is C16H24N2O5S2. The Kier molecular flexibility index (Phi) is 5.60. The van der Waals surface area contributed by atoms with E-state index in [9.17, 15) is 21.6 Å². The number of carbonyl (C=O) groups is 1. The fourth-order valence-electron chi connectivity index (χ4n) is 2.66. The Morgan fingerprint density at radius 2 is 1.80 bits per heavy atom. The van der Waals surface area contributed by atoms with E-state index in [0.717, 1.165) is 5.56 Å². The molecule has 1 amide bonds. The van der Waals surface area contributed by atoms with Crippen LogP contribution in [0.1, 0.15) is 39.2 Å². The Morgan fingerprint density at radius 3 is 2.28 bits per heavy atom. The molecule has 1 aromatic rings. The maximum Gasteiger partial charge on any atom is 0.257 e. The van der Waals surface area contributed by atoms with Crippen molar-refractivity contribution in [3.8, 4) is 0 Å². The van der Waals surface area contributed by atoms with Gasteiger partial charge in [0.25, 0.3) is 10.0 Å². The fraction of sp³-hybridized carbons (Fsp3) is 0.562. The van der Waals surface area contributed by atoms with E-state index in [1.165, 1.54) is 12.1 Å². The lowest BCUT2D eigenvalue weighted by atomic mass is 9.87. The Hall–Kier alpha value is -1.45. The Labute approximate surface area is 149 Å². The van der Waals surface area contributed by atoms with Crippen LogP contribution in [-0.2, 0) is 30.1 Å². The first-order chi connectivity index (χ1) is 11.4. The molecule has 1 fully saturated rings. The summed E-state index contributed by atoms with van der Waals surface area (Å²) in [6.07, 6.45) is 0.404. The van der Waals surface area contributed by atoms with Crippen LogP contribution in [0.25, 0.3) is 0 Å². The van der Waals surface area contributed by atoms with E-state index in [1.54, 1.807) is 12.1 Å². The molecule has 0 aromatic heterocycles. The summed E-state index contributed by atoms with van der Waals surface area (Å²) >= 11 is 0. The Bertz CT molecular complexity index is 838. The lowest BCUT2D eigenvalue weighted by Crippen LogP contribution is -2.42. The smallest absolute Gasteiger partial charge is 0.257 e. The van der Waals surface area contributed by atoms with Gasteiger partial charge in [0.15, 0.2) is 9.84 Å². The van der Waals surface area contributed by atoms with Crippen LogP contribution >= 0.6 is 0 Å². The van der Waals surface area contributed by atoms with E-state index in [4.69, 9.17) is 0 Å².